The minimum atomic E-state index is -1.09. The van der Waals surface area contributed by atoms with Crippen LogP contribution in [0.3, 0.4) is 0 Å². The summed E-state index contributed by atoms with van der Waals surface area (Å²) in [5.74, 6) is -1.29. The fourth-order valence-corrected chi connectivity index (χ4v) is 6.35. The van der Waals surface area contributed by atoms with E-state index in [4.69, 9.17) is 4.74 Å². The van der Waals surface area contributed by atoms with Crippen LogP contribution in [0.15, 0.2) is 42.5 Å². The van der Waals surface area contributed by atoms with E-state index in [-0.39, 0.29) is 0 Å². The Morgan fingerprint density at radius 1 is 1.05 bits per heavy atom. The predicted molar refractivity (Wildman–Crippen MR) is 167 cm³/mol. The maximum Gasteiger partial charge on any atom is 0.310 e. The first-order chi connectivity index (χ1) is 20.5. The monoisotopic (exact) mass is 582 g/mol. The summed E-state index contributed by atoms with van der Waals surface area (Å²) in [6.45, 7) is 15.1. The maximum absolute atomic E-state index is 12.6. The number of aliphatic carboxylic acids is 1. The number of rotatable bonds is 11. The molecule has 0 saturated heterocycles. The number of hydrogen-bond donors (Lipinski definition) is 1. The molecule has 0 fully saturated rings. The first-order valence-electron chi connectivity index (χ1n) is 15.0. The molecule has 5 rings (SSSR count). The summed E-state index contributed by atoms with van der Waals surface area (Å²) >= 11 is 0. The van der Waals surface area contributed by atoms with Crippen molar-refractivity contribution in [2.45, 2.75) is 80.0 Å². The van der Waals surface area contributed by atoms with E-state index < -0.39 is 17.3 Å². The van der Waals surface area contributed by atoms with Gasteiger partial charge in [0.05, 0.1) is 17.5 Å². The van der Waals surface area contributed by atoms with Crippen LogP contribution in [0.5, 0.6) is 0 Å². The number of carboxylic acids is 1. The van der Waals surface area contributed by atoms with Gasteiger partial charge in [0.25, 0.3) is 0 Å². The number of ether oxygens (including phenoxy) is 1. The van der Waals surface area contributed by atoms with Gasteiger partial charge in [-0.3, -0.25) is 9.59 Å². The third-order valence-corrected chi connectivity index (χ3v) is 9.23. The lowest BCUT2D eigenvalue weighted by molar-refractivity contribution is -0.147. The zero-order valence-electron chi connectivity index (χ0n) is 26.1. The Bertz CT molecular complexity index is 1650. The SMILES string of the molecule is Cc1cc(COCCCn2nnc3c(C)c(C(c4ccc5c(c4)CN(C=O)CC5)C(C)(C)C(=O)O)ccc32)cc(C)c1C. The van der Waals surface area contributed by atoms with Crippen molar-refractivity contribution in [3.8, 4) is 0 Å². The second-order valence-electron chi connectivity index (χ2n) is 12.5. The van der Waals surface area contributed by atoms with Crippen LogP contribution in [0.1, 0.15) is 76.3 Å². The van der Waals surface area contributed by atoms with Crippen molar-refractivity contribution < 1.29 is 19.4 Å². The van der Waals surface area contributed by atoms with E-state index >= 15 is 0 Å². The molecule has 3 aromatic carbocycles. The van der Waals surface area contributed by atoms with Gasteiger partial charge >= 0.3 is 5.97 Å². The number of carboxylic acid groups (broad SMARTS) is 1. The van der Waals surface area contributed by atoms with Crippen molar-refractivity contribution >= 4 is 23.4 Å². The predicted octanol–water partition coefficient (Wildman–Crippen LogP) is 6.03. The largest absolute Gasteiger partial charge is 0.481 e. The molecule has 8 nitrogen and oxygen atoms in total. The molecule has 1 aliphatic heterocycles. The summed E-state index contributed by atoms with van der Waals surface area (Å²) in [5.41, 5.74) is 10.7. The third-order valence-electron chi connectivity index (χ3n) is 9.23. The summed E-state index contributed by atoms with van der Waals surface area (Å²) in [4.78, 5) is 25.8. The number of aromatic nitrogens is 3. The van der Waals surface area contributed by atoms with Gasteiger partial charge in [0, 0.05) is 32.2 Å². The van der Waals surface area contributed by atoms with Gasteiger partial charge in [-0.15, -0.1) is 5.10 Å². The number of aryl methyl sites for hydroxylation is 4. The molecular formula is C35H42N4O4. The van der Waals surface area contributed by atoms with Gasteiger partial charge in [-0.05, 0) is 111 Å². The van der Waals surface area contributed by atoms with Crippen molar-refractivity contribution in [3.05, 3.63) is 92.5 Å². The van der Waals surface area contributed by atoms with E-state index in [0.717, 1.165) is 52.5 Å². The average molecular weight is 583 g/mol. The van der Waals surface area contributed by atoms with E-state index in [2.05, 4.69) is 55.3 Å². The van der Waals surface area contributed by atoms with Crippen LogP contribution < -0.4 is 0 Å². The van der Waals surface area contributed by atoms with E-state index in [1.54, 1.807) is 18.7 Å². The lowest BCUT2D eigenvalue weighted by Gasteiger charge is -2.34. The molecule has 0 saturated carbocycles. The quantitative estimate of drug-likeness (QED) is 0.171. The van der Waals surface area contributed by atoms with Crippen LogP contribution in [-0.4, -0.2) is 50.5 Å². The second-order valence-corrected chi connectivity index (χ2v) is 12.5. The highest BCUT2D eigenvalue weighted by molar-refractivity contribution is 5.82. The molecule has 8 heteroatoms. The number of benzene rings is 3. The standard InChI is InChI=1S/C35H42N4O4/c1-22-16-26(17-23(2)24(22)3)20-43-15-7-13-39-31-11-10-30(25(4)33(31)36-37-39)32(35(5,6)34(41)42)28-9-8-27-12-14-38(21-40)19-29(27)18-28/h8-11,16-18,21,32H,7,12-15,19-20H2,1-6H3,(H,41,42). The zero-order chi connectivity index (χ0) is 30.9. The first kappa shape index (κ1) is 30.4. The van der Waals surface area contributed by atoms with Crippen LogP contribution in [0, 0.1) is 33.1 Å². The minimum Gasteiger partial charge on any atom is -0.481 e. The molecule has 226 valence electrons. The molecule has 1 N–H and O–H groups in total. The van der Waals surface area contributed by atoms with Crippen molar-refractivity contribution in [3.63, 3.8) is 0 Å². The molecule has 43 heavy (non-hydrogen) atoms. The number of fused-ring (bicyclic) bond motifs is 2. The highest BCUT2D eigenvalue weighted by atomic mass is 16.5. The van der Waals surface area contributed by atoms with E-state index in [1.165, 1.54) is 27.8 Å². The molecule has 1 aromatic heterocycles. The van der Waals surface area contributed by atoms with Gasteiger partial charge in [0.15, 0.2) is 0 Å². The van der Waals surface area contributed by atoms with Crippen molar-refractivity contribution in [1.29, 1.82) is 0 Å². The maximum atomic E-state index is 12.6. The Labute approximate surface area is 253 Å². The van der Waals surface area contributed by atoms with Gasteiger partial charge in [0.1, 0.15) is 5.52 Å². The van der Waals surface area contributed by atoms with Gasteiger partial charge in [-0.25, -0.2) is 4.68 Å². The van der Waals surface area contributed by atoms with Crippen molar-refractivity contribution in [1.82, 2.24) is 19.9 Å². The number of hydrogen-bond acceptors (Lipinski definition) is 5. The molecular weight excluding hydrogens is 540 g/mol. The van der Waals surface area contributed by atoms with Crippen LogP contribution in [-0.2, 0) is 40.4 Å². The Hall–Kier alpha value is -4.04. The fourth-order valence-electron chi connectivity index (χ4n) is 6.35. The molecule has 0 radical (unpaired) electrons. The number of carbonyl (C=O) groups excluding carboxylic acids is 1. The Morgan fingerprint density at radius 2 is 1.79 bits per heavy atom. The highest BCUT2D eigenvalue weighted by Gasteiger charge is 2.40. The molecule has 0 spiro atoms. The lowest BCUT2D eigenvalue weighted by atomic mass is 9.69. The number of carbonyl (C=O) groups is 2. The lowest BCUT2D eigenvalue weighted by Crippen LogP contribution is -2.33. The Morgan fingerprint density at radius 3 is 2.49 bits per heavy atom. The number of nitrogens with zero attached hydrogens (tertiary/aromatic N) is 4. The van der Waals surface area contributed by atoms with Gasteiger partial charge in [-0.2, -0.15) is 0 Å². The molecule has 1 unspecified atom stereocenters. The summed E-state index contributed by atoms with van der Waals surface area (Å²) in [5, 5.41) is 19.3. The zero-order valence-corrected chi connectivity index (χ0v) is 26.1. The molecule has 2 heterocycles. The number of amides is 1. The fraction of sp³-hybridized carbons (Fsp3) is 0.429. The van der Waals surface area contributed by atoms with E-state index in [0.29, 0.717) is 32.8 Å². The van der Waals surface area contributed by atoms with Crippen molar-refractivity contribution in [2.75, 3.05) is 13.2 Å². The van der Waals surface area contributed by atoms with Gasteiger partial charge < -0.3 is 14.7 Å². The normalized spacial score (nSPS) is 14.1. The minimum absolute atomic E-state index is 0.418. The summed E-state index contributed by atoms with van der Waals surface area (Å²) in [6.07, 6.45) is 2.48. The van der Waals surface area contributed by atoms with Gasteiger partial charge in [0.2, 0.25) is 6.41 Å². The molecule has 0 aliphatic carbocycles. The van der Waals surface area contributed by atoms with Gasteiger partial charge in [-0.1, -0.05) is 41.6 Å². The molecule has 1 atom stereocenters. The summed E-state index contributed by atoms with van der Waals surface area (Å²) in [7, 11) is 0. The summed E-state index contributed by atoms with van der Waals surface area (Å²) in [6, 6.07) is 14.6. The Kier molecular flexibility index (Phi) is 8.69. The highest BCUT2D eigenvalue weighted by Crippen LogP contribution is 2.44. The molecule has 0 bridgehead atoms. The summed E-state index contributed by atoms with van der Waals surface area (Å²) < 4.78 is 7.88. The smallest absolute Gasteiger partial charge is 0.310 e. The van der Waals surface area contributed by atoms with E-state index in [9.17, 15) is 14.7 Å². The molecule has 1 amide bonds. The van der Waals surface area contributed by atoms with Crippen LogP contribution in [0.25, 0.3) is 11.0 Å². The molecule has 1 aliphatic rings. The Balaban J connectivity index is 1.36. The molecule has 4 aromatic rings. The van der Waals surface area contributed by atoms with E-state index in [1.807, 2.05) is 29.8 Å². The first-order valence-corrected chi connectivity index (χ1v) is 15.0. The average Bonchev–Trinajstić information content (AvgIpc) is 3.40. The van der Waals surface area contributed by atoms with Crippen LogP contribution in [0.4, 0.5) is 0 Å². The van der Waals surface area contributed by atoms with Crippen LogP contribution in [0.2, 0.25) is 0 Å². The second kappa shape index (κ2) is 12.3. The van der Waals surface area contributed by atoms with Crippen molar-refractivity contribution in [2.24, 2.45) is 5.41 Å². The third kappa shape index (κ3) is 6.07. The van der Waals surface area contributed by atoms with Crippen LogP contribution >= 0.6 is 0 Å². The topological polar surface area (TPSA) is 97.5 Å².